The third-order valence-corrected chi connectivity index (χ3v) is 4.11. The molecule has 0 saturated heterocycles. The first-order valence-corrected chi connectivity index (χ1v) is 6.53. The highest BCUT2D eigenvalue weighted by atomic mass is 32.8. The fourth-order valence-electron chi connectivity index (χ4n) is 1.11. The molecule has 1 atom stereocenters. The average Bonchev–Trinajstić information content (AvgIpc) is 2.07. The third kappa shape index (κ3) is 2.27. The Hall–Kier alpha value is 0.110. The Kier molecular flexibility index (Phi) is 2.14. The average molecular weight is 190 g/mol. The van der Waals surface area contributed by atoms with E-state index in [1.54, 1.807) is 0 Å². The maximum Gasteiger partial charge on any atom is 0.0476 e. The van der Waals surface area contributed by atoms with Crippen LogP contribution in [-0.2, 0) is 19.7 Å². The summed E-state index contributed by atoms with van der Waals surface area (Å²) >= 11 is 4.93. The molecule has 0 bridgehead atoms. The van der Waals surface area contributed by atoms with Gasteiger partial charge in [0.2, 0.25) is 0 Å². The summed E-state index contributed by atoms with van der Waals surface area (Å²) in [5.74, 6) is 1.24. The van der Waals surface area contributed by atoms with Crippen LogP contribution in [0.4, 0.5) is 0 Å². The minimum absolute atomic E-state index is 0.151. The molecule has 0 aromatic rings. The SMILES string of the molecule is CC(C)(C)C1=CCS(=O)(=S)C1. The Bertz CT molecular complexity index is 278. The zero-order chi connectivity index (χ0) is 8.70. The van der Waals surface area contributed by atoms with E-state index in [0.717, 1.165) is 0 Å². The van der Waals surface area contributed by atoms with E-state index in [1.807, 2.05) is 0 Å². The Balaban J connectivity index is 2.84. The summed E-state index contributed by atoms with van der Waals surface area (Å²) in [6, 6.07) is 0. The van der Waals surface area contributed by atoms with Gasteiger partial charge in [0, 0.05) is 20.0 Å². The van der Waals surface area contributed by atoms with Crippen LogP contribution in [0.1, 0.15) is 20.8 Å². The van der Waals surface area contributed by atoms with Crippen molar-refractivity contribution < 1.29 is 4.21 Å². The van der Waals surface area contributed by atoms with Crippen LogP contribution in [-0.4, -0.2) is 15.7 Å². The van der Waals surface area contributed by atoms with Gasteiger partial charge in [-0.3, -0.25) is 4.21 Å². The van der Waals surface area contributed by atoms with Crippen molar-refractivity contribution in [3.8, 4) is 0 Å². The topological polar surface area (TPSA) is 17.1 Å². The predicted molar refractivity (Wildman–Crippen MR) is 52.8 cm³/mol. The highest BCUT2D eigenvalue weighted by Gasteiger charge is 2.25. The van der Waals surface area contributed by atoms with Gasteiger partial charge in [-0.1, -0.05) is 32.4 Å². The molecule has 0 aromatic carbocycles. The van der Waals surface area contributed by atoms with Crippen LogP contribution in [0.15, 0.2) is 11.6 Å². The largest absolute Gasteiger partial charge is 0.256 e. The summed E-state index contributed by atoms with van der Waals surface area (Å²) in [6.45, 7) is 6.40. The van der Waals surface area contributed by atoms with Crippen molar-refractivity contribution in [2.45, 2.75) is 20.8 Å². The van der Waals surface area contributed by atoms with Crippen molar-refractivity contribution in [2.24, 2.45) is 5.41 Å². The number of hydrogen-bond donors (Lipinski definition) is 0. The van der Waals surface area contributed by atoms with Crippen LogP contribution >= 0.6 is 0 Å². The Morgan fingerprint density at radius 1 is 1.55 bits per heavy atom. The van der Waals surface area contributed by atoms with Crippen LogP contribution in [0.5, 0.6) is 0 Å². The van der Waals surface area contributed by atoms with Crippen molar-refractivity contribution in [3.63, 3.8) is 0 Å². The molecule has 0 fully saturated rings. The van der Waals surface area contributed by atoms with Gasteiger partial charge < -0.3 is 0 Å². The summed E-state index contributed by atoms with van der Waals surface area (Å²) in [5, 5.41) is 0. The van der Waals surface area contributed by atoms with Crippen LogP contribution in [0, 0.1) is 5.41 Å². The van der Waals surface area contributed by atoms with Gasteiger partial charge in [-0.2, -0.15) is 0 Å². The highest BCUT2D eigenvalue weighted by Crippen LogP contribution is 2.30. The normalized spacial score (nSPS) is 32.1. The monoisotopic (exact) mass is 190 g/mol. The molecule has 1 unspecified atom stereocenters. The lowest BCUT2D eigenvalue weighted by atomic mass is 9.88. The number of hydrogen-bond acceptors (Lipinski definition) is 2. The summed E-state index contributed by atoms with van der Waals surface area (Å²) in [4.78, 5) is 0. The van der Waals surface area contributed by atoms with Crippen molar-refractivity contribution in [1.29, 1.82) is 0 Å². The molecule has 64 valence electrons. The van der Waals surface area contributed by atoms with E-state index in [0.29, 0.717) is 11.5 Å². The Morgan fingerprint density at radius 3 is 2.27 bits per heavy atom. The molecule has 1 heterocycles. The van der Waals surface area contributed by atoms with E-state index in [9.17, 15) is 4.21 Å². The second kappa shape index (κ2) is 2.56. The zero-order valence-electron chi connectivity index (χ0n) is 7.22. The first-order valence-electron chi connectivity index (χ1n) is 3.71. The van der Waals surface area contributed by atoms with Gasteiger partial charge in [-0.25, -0.2) is 0 Å². The fraction of sp³-hybridized carbons (Fsp3) is 0.750. The maximum atomic E-state index is 11.4. The lowest BCUT2D eigenvalue weighted by molar-refractivity contribution is 0.506. The third-order valence-electron chi connectivity index (χ3n) is 1.92. The van der Waals surface area contributed by atoms with Crippen molar-refractivity contribution in [1.82, 2.24) is 0 Å². The van der Waals surface area contributed by atoms with Gasteiger partial charge in [-0.05, 0) is 16.6 Å². The molecular weight excluding hydrogens is 176 g/mol. The van der Waals surface area contributed by atoms with Gasteiger partial charge >= 0.3 is 0 Å². The molecule has 1 aliphatic heterocycles. The summed E-state index contributed by atoms with van der Waals surface area (Å²) in [5.41, 5.74) is 1.41. The van der Waals surface area contributed by atoms with Crippen LogP contribution in [0.25, 0.3) is 0 Å². The van der Waals surface area contributed by atoms with Crippen molar-refractivity contribution in [2.75, 3.05) is 11.5 Å². The fourth-order valence-corrected chi connectivity index (χ4v) is 3.29. The smallest absolute Gasteiger partial charge is 0.0476 e. The molecule has 0 aliphatic carbocycles. The van der Waals surface area contributed by atoms with E-state index in [-0.39, 0.29) is 5.41 Å². The zero-order valence-corrected chi connectivity index (χ0v) is 8.85. The lowest BCUT2D eigenvalue weighted by Crippen LogP contribution is -2.12. The Labute approximate surface area is 73.6 Å². The van der Waals surface area contributed by atoms with Crippen LogP contribution in [0.2, 0.25) is 0 Å². The highest BCUT2D eigenvalue weighted by molar-refractivity contribution is 8.33. The molecule has 1 aliphatic rings. The predicted octanol–water partition coefficient (Wildman–Crippen LogP) is 1.72. The van der Waals surface area contributed by atoms with Gasteiger partial charge in [0.05, 0.1) is 0 Å². The molecule has 0 saturated carbocycles. The second-order valence-electron chi connectivity index (χ2n) is 4.03. The first kappa shape index (κ1) is 9.20. The molecule has 11 heavy (non-hydrogen) atoms. The first-order chi connectivity index (χ1) is 4.81. The summed E-state index contributed by atoms with van der Waals surface area (Å²) in [6.07, 6.45) is 2.05. The van der Waals surface area contributed by atoms with E-state index in [4.69, 9.17) is 11.2 Å². The standard InChI is InChI=1S/C8H14OS2/c1-8(2,3)7-4-5-11(9,10)6-7/h4H,5-6H2,1-3H3. The Morgan fingerprint density at radius 2 is 2.09 bits per heavy atom. The molecule has 0 N–H and O–H groups in total. The van der Waals surface area contributed by atoms with Gasteiger partial charge in [0.1, 0.15) is 0 Å². The molecule has 3 heteroatoms. The van der Waals surface area contributed by atoms with Gasteiger partial charge in [-0.15, -0.1) is 0 Å². The molecule has 0 spiro atoms. The molecular formula is C8H14OS2. The molecule has 0 amide bonds. The van der Waals surface area contributed by atoms with E-state index in [1.165, 1.54) is 5.57 Å². The van der Waals surface area contributed by atoms with Crippen LogP contribution < -0.4 is 0 Å². The second-order valence-corrected chi connectivity index (χ2v) is 7.97. The minimum atomic E-state index is -1.94. The van der Waals surface area contributed by atoms with Gasteiger partial charge in [0.15, 0.2) is 0 Å². The van der Waals surface area contributed by atoms with Crippen molar-refractivity contribution in [3.05, 3.63) is 11.6 Å². The molecule has 1 rings (SSSR count). The number of rotatable bonds is 0. The maximum absolute atomic E-state index is 11.4. The van der Waals surface area contributed by atoms with Gasteiger partial charge in [0.25, 0.3) is 0 Å². The molecule has 0 radical (unpaired) electrons. The van der Waals surface area contributed by atoms with E-state index >= 15 is 0 Å². The quantitative estimate of drug-likeness (QED) is 0.541. The minimum Gasteiger partial charge on any atom is -0.256 e. The summed E-state index contributed by atoms with van der Waals surface area (Å²) in [7, 11) is -1.94. The lowest BCUT2D eigenvalue weighted by Gasteiger charge is -2.19. The van der Waals surface area contributed by atoms with Crippen molar-refractivity contribution >= 4 is 19.7 Å². The molecule has 1 nitrogen and oxygen atoms in total. The van der Waals surface area contributed by atoms with E-state index in [2.05, 4.69) is 26.8 Å². The van der Waals surface area contributed by atoms with E-state index < -0.39 is 8.49 Å². The van der Waals surface area contributed by atoms with Crippen LogP contribution in [0.3, 0.4) is 0 Å². The molecule has 0 aromatic heterocycles. The summed E-state index contributed by atoms with van der Waals surface area (Å²) < 4.78 is 11.4.